The molecule has 0 saturated carbocycles. The highest BCUT2D eigenvalue weighted by Gasteiger charge is 2.18. The van der Waals surface area contributed by atoms with Gasteiger partial charge in [0, 0.05) is 0 Å². The Hall–Kier alpha value is -1.15. The van der Waals surface area contributed by atoms with Gasteiger partial charge in [-0.1, -0.05) is 0 Å². The van der Waals surface area contributed by atoms with Crippen molar-refractivity contribution in [3.8, 4) is 0 Å². The topological polar surface area (TPSA) is 98.8 Å². The lowest BCUT2D eigenvalue weighted by atomic mass is 10.7. The summed E-state index contributed by atoms with van der Waals surface area (Å²) in [5.74, 6) is -2.37. The SMILES string of the molecule is CCOC(=O)CNS(=O)(=O)CC(=O)OCC. The van der Waals surface area contributed by atoms with E-state index in [2.05, 4.69) is 9.47 Å². The first kappa shape index (κ1) is 14.8. The number of esters is 2. The summed E-state index contributed by atoms with van der Waals surface area (Å²) in [7, 11) is -3.84. The van der Waals surface area contributed by atoms with Crippen LogP contribution in [0.1, 0.15) is 13.8 Å². The summed E-state index contributed by atoms with van der Waals surface area (Å²) >= 11 is 0. The zero-order valence-corrected chi connectivity index (χ0v) is 10.0. The van der Waals surface area contributed by atoms with Gasteiger partial charge in [-0.2, -0.15) is 0 Å². The van der Waals surface area contributed by atoms with Crippen molar-refractivity contribution in [2.45, 2.75) is 13.8 Å². The van der Waals surface area contributed by atoms with Crippen LogP contribution < -0.4 is 4.72 Å². The number of hydrogen-bond acceptors (Lipinski definition) is 6. The summed E-state index contributed by atoms with van der Waals surface area (Å²) in [6, 6.07) is 0. The normalized spacial score (nSPS) is 10.9. The molecule has 0 atom stereocenters. The molecule has 0 aliphatic heterocycles. The van der Waals surface area contributed by atoms with Gasteiger partial charge < -0.3 is 9.47 Å². The molecule has 0 amide bonds. The molecule has 0 aromatic rings. The third-order valence-corrected chi connectivity index (χ3v) is 2.55. The van der Waals surface area contributed by atoms with Gasteiger partial charge in [0.2, 0.25) is 10.0 Å². The molecule has 0 bridgehead atoms. The van der Waals surface area contributed by atoms with Crippen molar-refractivity contribution < 1.29 is 27.5 Å². The van der Waals surface area contributed by atoms with Crippen LogP contribution in [0.5, 0.6) is 0 Å². The zero-order chi connectivity index (χ0) is 12.6. The quantitative estimate of drug-likeness (QED) is 0.586. The minimum Gasteiger partial charge on any atom is -0.465 e. The van der Waals surface area contributed by atoms with E-state index in [1.54, 1.807) is 13.8 Å². The Labute approximate surface area is 94.2 Å². The van der Waals surface area contributed by atoms with E-state index in [0.717, 1.165) is 0 Å². The fraction of sp³-hybridized carbons (Fsp3) is 0.750. The number of hydrogen-bond donors (Lipinski definition) is 1. The van der Waals surface area contributed by atoms with Crippen LogP contribution in [-0.4, -0.2) is 45.9 Å². The van der Waals surface area contributed by atoms with E-state index in [9.17, 15) is 18.0 Å². The lowest BCUT2D eigenvalue weighted by Crippen LogP contribution is -2.35. The predicted molar refractivity (Wildman–Crippen MR) is 55.1 cm³/mol. The molecule has 8 heteroatoms. The molecular formula is C8H15NO6S. The largest absolute Gasteiger partial charge is 0.465 e. The fourth-order valence-corrected chi connectivity index (χ4v) is 1.62. The first-order valence-electron chi connectivity index (χ1n) is 4.69. The molecule has 94 valence electrons. The first-order chi connectivity index (χ1) is 7.41. The summed E-state index contributed by atoms with van der Waals surface area (Å²) in [5.41, 5.74) is 0. The molecule has 16 heavy (non-hydrogen) atoms. The van der Waals surface area contributed by atoms with Crippen molar-refractivity contribution in [1.82, 2.24) is 4.72 Å². The van der Waals surface area contributed by atoms with Gasteiger partial charge in [0.25, 0.3) is 0 Å². The average molecular weight is 253 g/mol. The highest BCUT2D eigenvalue weighted by atomic mass is 32.2. The van der Waals surface area contributed by atoms with Gasteiger partial charge in [0.05, 0.1) is 13.2 Å². The molecule has 0 spiro atoms. The Morgan fingerprint density at radius 2 is 1.56 bits per heavy atom. The van der Waals surface area contributed by atoms with Crippen molar-refractivity contribution in [2.24, 2.45) is 0 Å². The molecule has 0 aliphatic rings. The van der Waals surface area contributed by atoms with E-state index in [-0.39, 0.29) is 13.2 Å². The fourth-order valence-electron chi connectivity index (χ4n) is 0.790. The number of nitrogens with one attached hydrogen (secondary N) is 1. The number of carbonyl (C=O) groups is 2. The lowest BCUT2D eigenvalue weighted by molar-refractivity contribution is -0.142. The molecule has 0 aliphatic carbocycles. The second kappa shape index (κ2) is 7.18. The van der Waals surface area contributed by atoms with E-state index in [4.69, 9.17) is 0 Å². The molecule has 0 saturated heterocycles. The second-order valence-electron chi connectivity index (χ2n) is 2.69. The van der Waals surface area contributed by atoms with Crippen LogP contribution in [0.4, 0.5) is 0 Å². The standard InChI is InChI=1S/C8H15NO6S/c1-3-14-7(10)5-9-16(12,13)6-8(11)15-4-2/h9H,3-6H2,1-2H3. The summed E-state index contributed by atoms with van der Waals surface area (Å²) in [6.45, 7) is 2.95. The Bertz CT molecular complexity index is 336. The van der Waals surface area contributed by atoms with Crippen molar-refractivity contribution in [2.75, 3.05) is 25.5 Å². The average Bonchev–Trinajstić information content (AvgIpc) is 2.15. The van der Waals surface area contributed by atoms with Gasteiger partial charge in [-0.15, -0.1) is 0 Å². The van der Waals surface area contributed by atoms with Gasteiger partial charge in [-0.25, -0.2) is 13.1 Å². The highest BCUT2D eigenvalue weighted by molar-refractivity contribution is 7.90. The third-order valence-electron chi connectivity index (χ3n) is 1.35. The van der Waals surface area contributed by atoms with Crippen LogP contribution in [0, 0.1) is 0 Å². The highest BCUT2D eigenvalue weighted by Crippen LogP contribution is 1.88. The van der Waals surface area contributed by atoms with Crippen molar-refractivity contribution in [3.63, 3.8) is 0 Å². The molecule has 7 nitrogen and oxygen atoms in total. The molecule has 0 fully saturated rings. The van der Waals surface area contributed by atoms with E-state index in [1.807, 2.05) is 4.72 Å². The maximum atomic E-state index is 11.2. The molecule has 0 heterocycles. The monoisotopic (exact) mass is 253 g/mol. The Balaban J connectivity index is 4.06. The minimum absolute atomic E-state index is 0.103. The molecule has 0 rings (SSSR count). The number of carbonyl (C=O) groups excluding carboxylic acids is 2. The third kappa shape index (κ3) is 7.18. The summed E-state index contributed by atoms with van der Waals surface area (Å²) < 4.78 is 33.3. The van der Waals surface area contributed by atoms with Gasteiger partial charge in [-0.3, -0.25) is 9.59 Å². The van der Waals surface area contributed by atoms with Crippen LogP contribution in [0.15, 0.2) is 0 Å². The van der Waals surface area contributed by atoms with Gasteiger partial charge in [-0.05, 0) is 13.8 Å². The van der Waals surface area contributed by atoms with Crippen LogP contribution in [-0.2, 0) is 29.1 Å². The van der Waals surface area contributed by atoms with E-state index in [0.29, 0.717) is 0 Å². The number of sulfonamides is 1. The van der Waals surface area contributed by atoms with E-state index in [1.165, 1.54) is 0 Å². The van der Waals surface area contributed by atoms with Crippen LogP contribution in [0.25, 0.3) is 0 Å². The van der Waals surface area contributed by atoms with E-state index >= 15 is 0 Å². The Kier molecular flexibility index (Phi) is 6.66. The van der Waals surface area contributed by atoms with Crippen LogP contribution >= 0.6 is 0 Å². The van der Waals surface area contributed by atoms with E-state index < -0.39 is 34.3 Å². The maximum absolute atomic E-state index is 11.2. The summed E-state index contributed by atoms with van der Waals surface area (Å²) in [5, 5.41) is 0. The van der Waals surface area contributed by atoms with Crippen molar-refractivity contribution in [1.29, 1.82) is 0 Å². The summed E-state index contributed by atoms with van der Waals surface area (Å²) in [6.07, 6.45) is 0. The van der Waals surface area contributed by atoms with Gasteiger partial charge >= 0.3 is 11.9 Å². The smallest absolute Gasteiger partial charge is 0.322 e. The van der Waals surface area contributed by atoms with Crippen LogP contribution in [0.2, 0.25) is 0 Å². The maximum Gasteiger partial charge on any atom is 0.322 e. The summed E-state index contributed by atoms with van der Waals surface area (Å²) in [4.78, 5) is 21.7. The molecule has 0 aromatic heterocycles. The second-order valence-corrected chi connectivity index (χ2v) is 4.50. The molecule has 0 aromatic carbocycles. The Morgan fingerprint density at radius 1 is 1.06 bits per heavy atom. The lowest BCUT2D eigenvalue weighted by Gasteiger charge is -2.05. The molecule has 1 N–H and O–H groups in total. The molecule has 0 unspecified atom stereocenters. The van der Waals surface area contributed by atoms with Crippen molar-refractivity contribution in [3.05, 3.63) is 0 Å². The predicted octanol–water partition coefficient (Wildman–Crippen LogP) is -0.968. The van der Waals surface area contributed by atoms with Gasteiger partial charge in [0.1, 0.15) is 6.54 Å². The van der Waals surface area contributed by atoms with Gasteiger partial charge in [0.15, 0.2) is 5.75 Å². The first-order valence-corrected chi connectivity index (χ1v) is 6.35. The molecular weight excluding hydrogens is 238 g/mol. The number of rotatable bonds is 7. The number of ether oxygens (including phenoxy) is 2. The zero-order valence-electron chi connectivity index (χ0n) is 9.19. The minimum atomic E-state index is -3.84. The van der Waals surface area contributed by atoms with Crippen LogP contribution in [0.3, 0.4) is 0 Å². The molecule has 0 radical (unpaired) electrons. The Morgan fingerprint density at radius 3 is 2.06 bits per heavy atom. The van der Waals surface area contributed by atoms with Crippen molar-refractivity contribution >= 4 is 22.0 Å².